The van der Waals surface area contributed by atoms with Crippen molar-refractivity contribution in [2.24, 2.45) is 0 Å². The molecule has 1 aromatic rings. The Morgan fingerprint density at radius 2 is 2.04 bits per heavy atom. The summed E-state index contributed by atoms with van der Waals surface area (Å²) in [5, 5.41) is 2.50. The summed E-state index contributed by atoms with van der Waals surface area (Å²) in [6.07, 6.45) is 3.90. The first kappa shape index (κ1) is 19.5. The smallest absolute Gasteiger partial charge is 0.407 e. The number of Topliss-reactive ketones (excluding diaryl/α,β-unsaturated/α-hetero) is 1. The molecule has 23 heavy (non-hydrogen) atoms. The van der Waals surface area contributed by atoms with Crippen molar-refractivity contribution in [2.75, 3.05) is 18.6 Å². The van der Waals surface area contributed by atoms with Crippen molar-refractivity contribution in [1.29, 1.82) is 0 Å². The van der Waals surface area contributed by atoms with E-state index in [4.69, 9.17) is 4.74 Å². The fraction of sp³-hybridized carbons (Fsp3) is 0.529. The number of carbonyl (C=O) groups excluding carboxylic acids is 2. The molecule has 0 aliphatic carbocycles. The van der Waals surface area contributed by atoms with Crippen LogP contribution in [-0.4, -0.2) is 30.5 Å². The van der Waals surface area contributed by atoms with Crippen LogP contribution < -0.4 is 5.32 Å². The molecule has 0 spiro atoms. The minimum Gasteiger partial charge on any atom is -0.450 e. The molecule has 0 bridgehead atoms. The van der Waals surface area contributed by atoms with Gasteiger partial charge in [0.05, 0.1) is 6.61 Å². The fourth-order valence-corrected chi connectivity index (χ4v) is 2.48. The van der Waals surface area contributed by atoms with Crippen LogP contribution in [0, 0.1) is 5.82 Å². The van der Waals surface area contributed by atoms with Gasteiger partial charge in [0.15, 0.2) is 5.78 Å². The first-order chi connectivity index (χ1) is 11.1. The number of unbranched alkanes of at least 4 members (excludes halogenated alkanes) is 1. The Kier molecular flexibility index (Phi) is 9.36. The van der Waals surface area contributed by atoms with E-state index in [1.165, 1.54) is 12.1 Å². The molecular formula is C17H24FNO3S. The summed E-state index contributed by atoms with van der Waals surface area (Å²) in [4.78, 5) is 24.2. The molecule has 0 aromatic heterocycles. The highest BCUT2D eigenvalue weighted by molar-refractivity contribution is 7.98. The molecule has 0 aliphatic heterocycles. The zero-order valence-corrected chi connectivity index (χ0v) is 14.5. The third-order valence-electron chi connectivity index (χ3n) is 3.30. The predicted octanol–water partition coefficient (Wildman–Crippen LogP) is 4.11. The van der Waals surface area contributed by atoms with Gasteiger partial charge in [-0.2, -0.15) is 11.8 Å². The number of thioether (sulfide) groups is 1. The van der Waals surface area contributed by atoms with Gasteiger partial charge >= 0.3 is 6.09 Å². The maximum atomic E-state index is 14.0. The Morgan fingerprint density at radius 1 is 1.30 bits per heavy atom. The first-order valence-electron chi connectivity index (χ1n) is 7.79. The maximum absolute atomic E-state index is 14.0. The molecule has 1 rings (SSSR count). The van der Waals surface area contributed by atoms with Crippen LogP contribution in [0.1, 0.15) is 44.2 Å². The molecule has 0 saturated carbocycles. The number of nitrogens with one attached hydrogen (secondary N) is 1. The number of ether oxygens (including phenoxy) is 1. The molecule has 1 unspecified atom stereocenters. The number of hydrogen-bond acceptors (Lipinski definition) is 4. The largest absolute Gasteiger partial charge is 0.450 e. The molecule has 128 valence electrons. The van der Waals surface area contributed by atoms with E-state index in [1.54, 1.807) is 23.9 Å². The van der Waals surface area contributed by atoms with Crippen molar-refractivity contribution >= 4 is 23.6 Å². The molecule has 0 aliphatic rings. The summed E-state index contributed by atoms with van der Waals surface area (Å²) in [5.41, 5.74) is 0.175. The Morgan fingerprint density at radius 3 is 2.70 bits per heavy atom. The van der Waals surface area contributed by atoms with Crippen molar-refractivity contribution in [3.63, 3.8) is 0 Å². The SMILES string of the molecule is CCCCOC(=O)NC(C(=O)CCCSC)c1ccccc1F. The number of halogens is 1. The second kappa shape index (κ2) is 11.0. The molecular weight excluding hydrogens is 317 g/mol. The van der Waals surface area contributed by atoms with Crippen LogP contribution >= 0.6 is 11.8 Å². The van der Waals surface area contributed by atoms with Crippen LogP contribution in [-0.2, 0) is 9.53 Å². The summed E-state index contributed by atoms with van der Waals surface area (Å²) in [6, 6.07) is 4.98. The van der Waals surface area contributed by atoms with Gasteiger partial charge in [-0.15, -0.1) is 0 Å². The second-order valence-electron chi connectivity index (χ2n) is 5.15. The second-order valence-corrected chi connectivity index (χ2v) is 6.14. The van der Waals surface area contributed by atoms with Crippen LogP contribution in [0.3, 0.4) is 0 Å². The van der Waals surface area contributed by atoms with Gasteiger partial charge in [0.2, 0.25) is 0 Å². The molecule has 1 N–H and O–H groups in total. The molecule has 4 nitrogen and oxygen atoms in total. The maximum Gasteiger partial charge on any atom is 0.407 e. The van der Waals surface area contributed by atoms with Crippen LogP contribution in [0.5, 0.6) is 0 Å². The van der Waals surface area contributed by atoms with Gasteiger partial charge in [-0.25, -0.2) is 9.18 Å². The normalized spacial score (nSPS) is 11.8. The molecule has 0 fully saturated rings. The van der Waals surface area contributed by atoms with Crippen molar-refractivity contribution in [2.45, 2.75) is 38.6 Å². The molecule has 1 aromatic carbocycles. The van der Waals surface area contributed by atoms with Crippen molar-refractivity contribution in [1.82, 2.24) is 5.32 Å². The molecule has 6 heteroatoms. The van der Waals surface area contributed by atoms with Gasteiger partial charge in [0.1, 0.15) is 11.9 Å². The summed E-state index contributed by atoms with van der Waals surface area (Å²) in [5.74, 6) is 0.123. The average molecular weight is 341 g/mol. The summed E-state index contributed by atoms with van der Waals surface area (Å²) < 4.78 is 19.0. The van der Waals surface area contributed by atoms with Crippen LogP contribution in [0.15, 0.2) is 24.3 Å². The van der Waals surface area contributed by atoms with Gasteiger partial charge in [0, 0.05) is 12.0 Å². The molecule has 0 heterocycles. The van der Waals surface area contributed by atoms with Crippen LogP contribution in [0.2, 0.25) is 0 Å². The average Bonchev–Trinajstić information content (AvgIpc) is 2.54. The van der Waals surface area contributed by atoms with E-state index < -0.39 is 18.0 Å². The van der Waals surface area contributed by atoms with Crippen LogP contribution in [0.4, 0.5) is 9.18 Å². The van der Waals surface area contributed by atoms with E-state index >= 15 is 0 Å². The number of ketones is 1. The monoisotopic (exact) mass is 341 g/mol. The van der Waals surface area contributed by atoms with Crippen molar-refractivity contribution in [3.8, 4) is 0 Å². The Bertz CT molecular complexity index is 510. The van der Waals surface area contributed by atoms with Gasteiger partial charge in [-0.3, -0.25) is 4.79 Å². The third-order valence-corrected chi connectivity index (χ3v) is 4.00. The van der Waals surface area contributed by atoms with Crippen molar-refractivity contribution in [3.05, 3.63) is 35.6 Å². The standard InChI is InChI=1S/C17H24FNO3S/c1-3-4-11-22-17(21)19-16(15(20)10-7-12-23-2)13-8-5-6-9-14(13)18/h5-6,8-9,16H,3-4,7,10-12H2,1-2H3,(H,19,21). The summed E-state index contributed by atoms with van der Waals surface area (Å²) in [7, 11) is 0. The molecule has 0 radical (unpaired) electrons. The lowest BCUT2D eigenvalue weighted by Crippen LogP contribution is -2.35. The Balaban J connectivity index is 2.78. The lowest BCUT2D eigenvalue weighted by Gasteiger charge is -2.18. The Hall–Kier alpha value is -1.56. The predicted molar refractivity (Wildman–Crippen MR) is 91.2 cm³/mol. The molecule has 1 amide bonds. The number of benzene rings is 1. The van der Waals surface area contributed by atoms with E-state index in [-0.39, 0.29) is 24.4 Å². The minimum absolute atomic E-state index is 0.175. The molecule has 0 saturated heterocycles. The van der Waals surface area contributed by atoms with E-state index in [2.05, 4.69) is 5.32 Å². The number of alkyl carbamates (subject to hydrolysis) is 1. The highest BCUT2D eigenvalue weighted by Crippen LogP contribution is 2.20. The summed E-state index contributed by atoms with van der Waals surface area (Å²) >= 11 is 1.64. The van der Waals surface area contributed by atoms with E-state index in [0.29, 0.717) is 6.42 Å². The zero-order valence-electron chi connectivity index (χ0n) is 13.6. The number of amides is 1. The third kappa shape index (κ3) is 7.03. The minimum atomic E-state index is -1.01. The first-order valence-corrected chi connectivity index (χ1v) is 9.18. The lowest BCUT2D eigenvalue weighted by molar-refractivity contribution is -0.121. The Labute approximate surface area is 141 Å². The summed E-state index contributed by atoms with van der Waals surface area (Å²) in [6.45, 7) is 2.27. The quantitative estimate of drug-likeness (QED) is 0.651. The number of hydrogen-bond donors (Lipinski definition) is 1. The van der Waals surface area contributed by atoms with Gasteiger partial charge < -0.3 is 10.1 Å². The van der Waals surface area contributed by atoms with Crippen LogP contribution in [0.25, 0.3) is 0 Å². The molecule has 1 atom stereocenters. The van der Waals surface area contributed by atoms with Gasteiger partial charge in [-0.05, 0) is 30.9 Å². The van der Waals surface area contributed by atoms with E-state index in [0.717, 1.165) is 18.6 Å². The fourth-order valence-electron chi connectivity index (χ4n) is 2.04. The number of rotatable bonds is 10. The topological polar surface area (TPSA) is 55.4 Å². The van der Waals surface area contributed by atoms with Crippen molar-refractivity contribution < 1.29 is 18.7 Å². The van der Waals surface area contributed by atoms with Gasteiger partial charge in [-0.1, -0.05) is 31.5 Å². The van der Waals surface area contributed by atoms with Gasteiger partial charge in [0.25, 0.3) is 0 Å². The van der Waals surface area contributed by atoms with E-state index in [9.17, 15) is 14.0 Å². The van der Waals surface area contributed by atoms with E-state index in [1.807, 2.05) is 13.2 Å². The number of carbonyl (C=O) groups is 2. The lowest BCUT2D eigenvalue weighted by atomic mass is 9.99. The highest BCUT2D eigenvalue weighted by atomic mass is 32.2. The zero-order chi connectivity index (χ0) is 17.1. The highest BCUT2D eigenvalue weighted by Gasteiger charge is 2.25.